The van der Waals surface area contributed by atoms with Crippen LogP contribution in [0.1, 0.15) is 22.7 Å². The van der Waals surface area contributed by atoms with Crippen molar-refractivity contribution in [3.63, 3.8) is 0 Å². The van der Waals surface area contributed by atoms with Gasteiger partial charge in [0.25, 0.3) is 0 Å². The molecule has 0 aliphatic carbocycles. The third-order valence-electron chi connectivity index (χ3n) is 4.36. The van der Waals surface area contributed by atoms with Crippen LogP contribution in [0.2, 0.25) is 0 Å². The van der Waals surface area contributed by atoms with Crippen LogP contribution in [-0.2, 0) is 22.1 Å². The molecule has 1 unspecified atom stereocenters. The maximum atomic E-state index is 13.7. The Labute approximate surface area is 172 Å². The summed E-state index contributed by atoms with van der Waals surface area (Å²) < 4.78 is 31.8. The first kappa shape index (κ1) is 20.7. The summed E-state index contributed by atoms with van der Waals surface area (Å²) in [5.41, 5.74) is 2.45. The van der Waals surface area contributed by atoms with Gasteiger partial charge in [0.2, 0.25) is 0 Å². The number of hydrogen-bond donors (Lipinski definition) is 1. The van der Waals surface area contributed by atoms with Crippen LogP contribution in [0.4, 0.5) is 9.18 Å². The quantitative estimate of drug-likeness (QED) is 0.601. The second-order valence-corrected chi connectivity index (χ2v) is 8.13. The molecule has 0 aromatic heterocycles. The van der Waals surface area contributed by atoms with Gasteiger partial charge in [-0.3, -0.25) is 4.21 Å². The lowest BCUT2D eigenvalue weighted by molar-refractivity contribution is 0.136. The van der Waals surface area contributed by atoms with Crippen LogP contribution in [0, 0.1) is 12.7 Å². The van der Waals surface area contributed by atoms with Crippen molar-refractivity contribution >= 4 is 16.9 Å². The van der Waals surface area contributed by atoms with Gasteiger partial charge in [0.1, 0.15) is 12.4 Å². The van der Waals surface area contributed by atoms with Crippen LogP contribution >= 0.6 is 0 Å². The summed E-state index contributed by atoms with van der Waals surface area (Å²) in [6.07, 6.45) is -0.649. The Morgan fingerprint density at radius 3 is 2.45 bits per heavy atom. The standard InChI is InChI=1S/C23H22FNO3S/c1-17-10-12-21(13-11-17)29(27)16-22(19-8-5-9-20(24)14-19)25-23(26)28-15-18-6-3-2-4-7-18/h2-14,22H,15-16H2,1H3,(H,25,26)/t22-,29?/m1/s1. The number of alkyl carbamates (subject to hydrolysis) is 1. The van der Waals surface area contributed by atoms with Crippen LogP contribution in [-0.4, -0.2) is 16.1 Å². The smallest absolute Gasteiger partial charge is 0.407 e. The van der Waals surface area contributed by atoms with E-state index in [0.29, 0.717) is 10.5 Å². The molecule has 150 valence electrons. The fourth-order valence-electron chi connectivity index (χ4n) is 2.79. The molecule has 3 aromatic rings. The Hall–Kier alpha value is -2.99. The van der Waals surface area contributed by atoms with E-state index < -0.39 is 28.8 Å². The molecule has 2 atom stereocenters. The first-order valence-corrected chi connectivity index (χ1v) is 10.5. The number of benzene rings is 3. The number of amides is 1. The topological polar surface area (TPSA) is 55.4 Å². The van der Waals surface area contributed by atoms with Gasteiger partial charge >= 0.3 is 6.09 Å². The second-order valence-electron chi connectivity index (χ2n) is 6.64. The van der Waals surface area contributed by atoms with Crippen molar-refractivity contribution in [1.29, 1.82) is 0 Å². The number of hydrogen-bond acceptors (Lipinski definition) is 3. The highest BCUT2D eigenvalue weighted by atomic mass is 32.2. The van der Waals surface area contributed by atoms with Gasteiger partial charge in [-0.2, -0.15) is 0 Å². The number of rotatable bonds is 7. The Bertz CT molecular complexity index is 977. The first-order chi connectivity index (χ1) is 14.0. The second kappa shape index (κ2) is 9.98. The molecule has 0 saturated carbocycles. The van der Waals surface area contributed by atoms with Gasteiger partial charge < -0.3 is 10.1 Å². The normalized spacial score (nSPS) is 12.8. The van der Waals surface area contributed by atoms with Crippen molar-refractivity contribution in [2.24, 2.45) is 0 Å². The third-order valence-corrected chi connectivity index (χ3v) is 5.79. The predicted molar refractivity (Wildman–Crippen MR) is 111 cm³/mol. The summed E-state index contributed by atoms with van der Waals surface area (Å²) in [6, 6.07) is 21.9. The zero-order chi connectivity index (χ0) is 20.6. The lowest BCUT2D eigenvalue weighted by atomic mass is 10.1. The largest absolute Gasteiger partial charge is 0.445 e. The van der Waals surface area contributed by atoms with E-state index in [1.807, 2.05) is 49.4 Å². The molecule has 0 bridgehead atoms. The van der Waals surface area contributed by atoms with Crippen LogP contribution in [0.15, 0.2) is 83.8 Å². The molecule has 1 N–H and O–H groups in total. The van der Waals surface area contributed by atoms with Gasteiger partial charge in [-0.05, 0) is 42.3 Å². The SMILES string of the molecule is Cc1ccc(S(=O)C[C@@H](NC(=O)OCc2ccccc2)c2cccc(F)c2)cc1. The van der Waals surface area contributed by atoms with Gasteiger partial charge in [0.15, 0.2) is 0 Å². The number of aryl methyl sites for hydroxylation is 1. The summed E-state index contributed by atoms with van der Waals surface area (Å²) in [4.78, 5) is 13.0. The molecular weight excluding hydrogens is 389 g/mol. The predicted octanol–water partition coefficient (Wildman–Crippen LogP) is 4.91. The van der Waals surface area contributed by atoms with Crippen molar-refractivity contribution in [3.05, 3.63) is 101 Å². The van der Waals surface area contributed by atoms with Crippen molar-refractivity contribution in [2.45, 2.75) is 24.5 Å². The Balaban J connectivity index is 1.71. The lowest BCUT2D eigenvalue weighted by Crippen LogP contribution is -2.32. The zero-order valence-corrected chi connectivity index (χ0v) is 16.8. The average molecular weight is 411 g/mol. The van der Waals surface area contributed by atoms with Gasteiger partial charge in [0, 0.05) is 4.90 Å². The minimum Gasteiger partial charge on any atom is -0.445 e. The molecule has 3 aromatic carbocycles. The Kier molecular flexibility index (Phi) is 7.14. The average Bonchev–Trinajstić information content (AvgIpc) is 2.73. The van der Waals surface area contributed by atoms with Crippen molar-refractivity contribution in [1.82, 2.24) is 5.32 Å². The van der Waals surface area contributed by atoms with E-state index in [1.54, 1.807) is 24.3 Å². The minimum atomic E-state index is -1.38. The maximum absolute atomic E-state index is 13.7. The van der Waals surface area contributed by atoms with Crippen molar-refractivity contribution < 1.29 is 18.1 Å². The summed E-state index contributed by atoms with van der Waals surface area (Å²) >= 11 is 0. The molecule has 3 rings (SSSR count). The van der Waals surface area contributed by atoms with Crippen molar-refractivity contribution in [3.8, 4) is 0 Å². The van der Waals surface area contributed by atoms with Crippen LogP contribution < -0.4 is 5.32 Å². The fraction of sp³-hybridized carbons (Fsp3) is 0.174. The first-order valence-electron chi connectivity index (χ1n) is 9.19. The molecule has 0 radical (unpaired) electrons. The van der Waals surface area contributed by atoms with Gasteiger partial charge in [-0.25, -0.2) is 9.18 Å². The van der Waals surface area contributed by atoms with Crippen LogP contribution in [0.3, 0.4) is 0 Å². The van der Waals surface area contributed by atoms with E-state index in [9.17, 15) is 13.4 Å². The third kappa shape index (κ3) is 6.26. The van der Waals surface area contributed by atoms with Gasteiger partial charge in [-0.1, -0.05) is 60.2 Å². The van der Waals surface area contributed by atoms with E-state index >= 15 is 0 Å². The minimum absolute atomic E-state index is 0.104. The molecule has 6 heteroatoms. The molecule has 0 aliphatic rings. The van der Waals surface area contributed by atoms with E-state index in [4.69, 9.17) is 4.74 Å². The van der Waals surface area contributed by atoms with Crippen LogP contribution in [0.5, 0.6) is 0 Å². The number of carbonyl (C=O) groups is 1. The highest BCUT2D eigenvalue weighted by molar-refractivity contribution is 7.85. The molecular formula is C23H22FNO3S. The van der Waals surface area contributed by atoms with Crippen LogP contribution in [0.25, 0.3) is 0 Å². The number of halogens is 1. The molecule has 29 heavy (non-hydrogen) atoms. The molecule has 0 saturated heterocycles. The number of ether oxygens (including phenoxy) is 1. The molecule has 0 heterocycles. The fourth-order valence-corrected chi connectivity index (χ4v) is 4.00. The van der Waals surface area contributed by atoms with E-state index in [0.717, 1.165) is 11.1 Å². The maximum Gasteiger partial charge on any atom is 0.407 e. The van der Waals surface area contributed by atoms with E-state index in [-0.39, 0.29) is 12.4 Å². The Morgan fingerprint density at radius 1 is 1.03 bits per heavy atom. The van der Waals surface area contributed by atoms with Gasteiger partial charge in [0.05, 0.1) is 22.6 Å². The Morgan fingerprint density at radius 2 is 1.76 bits per heavy atom. The molecule has 1 amide bonds. The molecule has 0 aliphatic heterocycles. The lowest BCUT2D eigenvalue weighted by Gasteiger charge is -2.19. The molecule has 4 nitrogen and oxygen atoms in total. The van der Waals surface area contributed by atoms with Crippen molar-refractivity contribution in [2.75, 3.05) is 5.75 Å². The van der Waals surface area contributed by atoms with E-state index in [1.165, 1.54) is 12.1 Å². The zero-order valence-electron chi connectivity index (χ0n) is 16.0. The van der Waals surface area contributed by atoms with Gasteiger partial charge in [-0.15, -0.1) is 0 Å². The summed E-state index contributed by atoms with van der Waals surface area (Å²) in [5.74, 6) is -0.319. The molecule has 0 fully saturated rings. The summed E-state index contributed by atoms with van der Waals surface area (Å²) in [5, 5.41) is 2.72. The number of carbonyl (C=O) groups excluding carboxylic acids is 1. The summed E-state index contributed by atoms with van der Waals surface area (Å²) in [7, 11) is -1.38. The highest BCUT2D eigenvalue weighted by Gasteiger charge is 2.20. The highest BCUT2D eigenvalue weighted by Crippen LogP contribution is 2.19. The monoisotopic (exact) mass is 411 g/mol. The number of nitrogens with one attached hydrogen (secondary N) is 1. The molecule has 0 spiro atoms. The van der Waals surface area contributed by atoms with E-state index in [2.05, 4.69) is 5.32 Å². The summed E-state index contributed by atoms with van der Waals surface area (Å²) in [6.45, 7) is 2.07.